The van der Waals surface area contributed by atoms with Gasteiger partial charge >= 0.3 is 0 Å². The number of rotatable bonds is 2. The van der Waals surface area contributed by atoms with Crippen molar-refractivity contribution in [3.63, 3.8) is 0 Å². The maximum Gasteiger partial charge on any atom is 0.266 e. The summed E-state index contributed by atoms with van der Waals surface area (Å²) in [6.07, 6.45) is 5.68. The lowest BCUT2D eigenvalue weighted by Gasteiger charge is -2.61. The number of hydrogen-bond donors (Lipinski definition) is 3. The molecule has 3 aliphatic rings. The molecule has 0 unspecified atom stereocenters. The fourth-order valence-corrected chi connectivity index (χ4v) is 3.14. The Morgan fingerprint density at radius 1 is 1.35 bits per heavy atom. The molecule has 2 aromatic heterocycles. The molecule has 2 aromatic rings. The molecule has 3 fully saturated rings. The topological polar surface area (TPSA) is 108 Å². The highest BCUT2D eigenvalue weighted by Crippen LogP contribution is 2.57. The van der Waals surface area contributed by atoms with Crippen molar-refractivity contribution in [3.8, 4) is 5.75 Å². The first-order valence-electron chi connectivity index (χ1n) is 6.46. The highest BCUT2D eigenvalue weighted by atomic mass is 16.3. The number of nitrogens with one attached hydrogen (secondary N) is 2. The first kappa shape index (κ1) is 11.4. The van der Waals surface area contributed by atoms with Gasteiger partial charge in [0.1, 0.15) is 11.1 Å². The van der Waals surface area contributed by atoms with Gasteiger partial charge in [-0.2, -0.15) is 0 Å². The molecule has 7 heteroatoms. The van der Waals surface area contributed by atoms with E-state index in [1.807, 2.05) is 0 Å². The van der Waals surface area contributed by atoms with Gasteiger partial charge in [-0.25, -0.2) is 9.97 Å². The first-order chi connectivity index (χ1) is 9.58. The van der Waals surface area contributed by atoms with Crippen LogP contribution in [0.5, 0.6) is 5.75 Å². The van der Waals surface area contributed by atoms with Gasteiger partial charge in [0.25, 0.3) is 11.5 Å². The molecule has 102 valence electrons. The van der Waals surface area contributed by atoms with Crippen molar-refractivity contribution in [1.82, 2.24) is 20.3 Å². The van der Waals surface area contributed by atoms with Gasteiger partial charge < -0.3 is 15.4 Å². The summed E-state index contributed by atoms with van der Waals surface area (Å²) < 4.78 is 0. The molecule has 2 bridgehead atoms. The average Bonchev–Trinajstić information content (AvgIpc) is 2.32. The maximum atomic E-state index is 12.2. The number of nitrogens with zero attached hydrogens (tertiary/aromatic N) is 2. The second-order valence-electron chi connectivity index (χ2n) is 5.64. The van der Waals surface area contributed by atoms with Gasteiger partial charge in [0.05, 0.1) is 0 Å². The second kappa shape index (κ2) is 3.56. The SMILES string of the molecule is O=C(NC12CC(C1)C2)c1c(O)c2nccnc2[nH]c1=O. The van der Waals surface area contributed by atoms with Crippen molar-refractivity contribution in [2.45, 2.75) is 24.8 Å². The van der Waals surface area contributed by atoms with Crippen LogP contribution in [0.3, 0.4) is 0 Å². The summed E-state index contributed by atoms with van der Waals surface area (Å²) in [5.41, 5.74) is -0.813. The molecule has 0 atom stereocenters. The molecule has 0 aliphatic heterocycles. The van der Waals surface area contributed by atoms with Crippen LogP contribution in [0.25, 0.3) is 11.2 Å². The number of pyridine rings is 1. The smallest absolute Gasteiger partial charge is 0.266 e. The minimum atomic E-state index is -0.653. The van der Waals surface area contributed by atoms with E-state index < -0.39 is 17.2 Å². The molecule has 0 spiro atoms. The number of aromatic nitrogens is 3. The van der Waals surface area contributed by atoms with Crippen LogP contribution in [-0.4, -0.2) is 31.5 Å². The molecular formula is C13H12N4O3. The largest absolute Gasteiger partial charge is 0.505 e. The van der Waals surface area contributed by atoms with Crippen molar-refractivity contribution in [3.05, 3.63) is 28.3 Å². The van der Waals surface area contributed by atoms with Gasteiger partial charge in [0.2, 0.25) is 0 Å². The van der Waals surface area contributed by atoms with E-state index in [9.17, 15) is 14.7 Å². The van der Waals surface area contributed by atoms with Crippen molar-refractivity contribution in [2.24, 2.45) is 5.92 Å². The Balaban J connectivity index is 1.78. The van der Waals surface area contributed by atoms with Crippen LogP contribution in [0.15, 0.2) is 17.2 Å². The predicted octanol–water partition coefficient (Wildman–Crippen LogP) is 0.306. The van der Waals surface area contributed by atoms with E-state index in [-0.39, 0.29) is 22.3 Å². The van der Waals surface area contributed by atoms with Crippen molar-refractivity contribution < 1.29 is 9.90 Å². The molecular weight excluding hydrogens is 260 g/mol. The third-order valence-electron chi connectivity index (χ3n) is 4.26. The van der Waals surface area contributed by atoms with Crippen LogP contribution in [0.4, 0.5) is 0 Å². The van der Waals surface area contributed by atoms with Crippen LogP contribution >= 0.6 is 0 Å². The zero-order valence-corrected chi connectivity index (χ0v) is 10.5. The van der Waals surface area contributed by atoms with Crippen LogP contribution in [0.2, 0.25) is 0 Å². The number of hydrogen-bond acceptors (Lipinski definition) is 5. The molecule has 20 heavy (non-hydrogen) atoms. The summed E-state index contributed by atoms with van der Waals surface area (Å²) in [6, 6.07) is 0. The third-order valence-corrected chi connectivity index (χ3v) is 4.26. The van der Waals surface area contributed by atoms with Crippen LogP contribution in [-0.2, 0) is 0 Å². The van der Waals surface area contributed by atoms with Crippen molar-refractivity contribution in [1.29, 1.82) is 0 Å². The maximum absolute atomic E-state index is 12.2. The van der Waals surface area contributed by atoms with Gasteiger partial charge in [-0.05, 0) is 25.2 Å². The Morgan fingerprint density at radius 3 is 2.70 bits per heavy atom. The summed E-state index contributed by atoms with van der Waals surface area (Å²) in [7, 11) is 0. The quantitative estimate of drug-likeness (QED) is 0.729. The van der Waals surface area contributed by atoms with E-state index in [4.69, 9.17) is 0 Å². The summed E-state index contributed by atoms with van der Waals surface area (Å²) in [5.74, 6) is -0.250. The number of aromatic hydroxyl groups is 1. The molecule has 1 amide bonds. The minimum absolute atomic E-state index is 0.120. The summed E-state index contributed by atoms with van der Waals surface area (Å²) in [6.45, 7) is 0. The van der Waals surface area contributed by atoms with E-state index in [0.29, 0.717) is 5.92 Å². The van der Waals surface area contributed by atoms with E-state index in [1.165, 1.54) is 12.4 Å². The Bertz CT molecular complexity index is 781. The van der Waals surface area contributed by atoms with Crippen LogP contribution in [0.1, 0.15) is 29.6 Å². The van der Waals surface area contributed by atoms with Gasteiger partial charge in [-0.15, -0.1) is 0 Å². The Kier molecular flexibility index (Phi) is 2.03. The first-order valence-corrected chi connectivity index (χ1v) is 6.46. The fraction of sp³-hybridized carbons (Fsp3) is 0.385. The number of carbonyl (C=O) groups is 1. The Labute approximate surface area is 113 Å². The highest BCUT2D eigenvalue weighted by molar-refractivity contribution is 6.01. The van der Waals surface area contributed by atoms with E-state index in [1.54, 1.807) is 0 Å². The molecule has 5 rings (SSSR count). The Morgan fingerprint density at radius 2 is 2.05 bits per heavy atom. The third kappa shape index (κ3) is 1.40. The normalized spacial score (nSPS) is 26.7. The molecule has 0 radical (unpaired) electrons. The van der Waals surface area contributed by atoms with Crippen LogP contribution in [0, 0.1) is 5.92 Å². The Hall–Kier alpha value is -2.44. The number of aromatic amines is 1. The van der Waals surface area contributed by atoms with Gasteiger partial charge in [-0.3, -0.25) is 9.59 Å². The van der Waals surface area contributed by atoms with E-state index >= 15 is 0 Å². The monoisotopic (exact) mass is 272 g/mol. The highest BCUT2D eigenvalue weighted by Gasteiger charge is 2.57. The predicted molar refractivity (Wildman–Crippen MR) is 69.4 cm³/mol. The summed E-state index contributed by atoms with van der Waals surface area (Å²) in [4.78, 5) is 34.5. The lowest BCUT2D eigenvalue weighted by atomic mass is 9.50. The average molecular weight is 272 g/mol. The molecule has 3 aliphatic carbocycles. The summed E-state index contributed by atoms with van der Waals surface area (Å²) >= 11 is 0. The number of carbonyl (C=O) groups excluding carboxylic acids is 1. The van der Waals surface area contributed by atoms with Crippen molar-refractivity contribution in [2.75, 3.05) is 0 Å². The molecule has 0 aromatic carbocycles. The molecule has 7 nitrogen and oxygen atoms in total. The van der Waals surface area contributed by atoms with Crippen molar-refractivity contribution >= 4 is 17.1 Å². The van der Waals surface area contributed by atoms with Gasteiger partial charge in [-0.1, -0.05) is 0 Å². The standard InChI is InChI=1S/C13H12N4O3/c18-9-7(12(20)17-13-3-6(4-13)5-13)11(19)16-10-8(9)14-1-2-15-10/h1-2,6H,3-5H2,(H,17,20)(H2,15,16,18,19). The lowest BCUT2D eigenvalue weighted by Crippen LogP contribution is -2.68. The fourth-order valence-electron chi connectivity index (χ4n) is 3.14. The van der Waals surface area contributed by atoms with Crippen LogP contribution < -0.4 is 10.9 Å². The molecule has 2 heterocycles. The summed E-state index contributed by atoms with van der Waals surface area (Å²) in [5, 5.41) is 13.0. The molecule has 3 saturated carbocycles. The molecule has 3 N–H and O–H groups in total. The zero-order valence-electron chi connectivity index (χ0n) is 10.5. The zero-order chi connectivity index (χ0) is 13.9. The lowest BCUT2D eigenvalue weighted by molar-refractivity contribution is -0.0439. The number of fused-ring (bicyclic) bond motifs is 1. The number of amides is 1. The van der Waals surface area contributed by atoms with Gasteiger partial charge in [0.15, 0.2) is 11.4 Å². The van der Waals surface area contributed by atoms with E-state index in [0.717, 1.165) is 19.3 Å². The molecule has 0 saturated heterocycles. The minimum Gasteiger partial charge on any atom is -0.505 e. The second-order valence-corrected chi connectivity index (χ2v) is 5.64. The number of H-pyrrole nitrogens is 1. The van der Waals surface area contributed by atoms with Gasteiger partial charge in [0, 0.05) is 17.9 Å². The van der Waals surface area contributed by atoms with E-state index in [2.05, 4.69) is 20.3 Å².